The number of nitrogens with one attached hydrogen (secondary N) is 1. The van der Waals surface area contributed by atoms with E-state index in [4.69, 9.17) is 26.9 Å². The number of hydrazine groups is 1. The molecule has 1 unspecified atom stereocenters. The highest BCUT2D eigenvalue weighted by Gasteiger charge is 2.14. The van der Waals surface area contributed by atoms with Crippen LogP contribution in [0.4, 0.5) is 4.39 Å². The van der Waals surface area contributed by atoms with Crippen molar-refractivity contribution in [3.8, 4) is 0 Å². The second-order valence-electron chi connectivity index (χ2n) is 3.45. The van der Waals surface area contributed by atoms with Gasteiger partial charge in [0.2, 0.25) is 0 Å². The molecule has 0 aliphatic heterocycles. The standard InChI is InChI=1S/C11H16ClFN2O2/c1-16-4-5-17-7-11(15-14)9-6-8(13)2-3-10(9)12/h2-3,6,11,15H,4-5,7,14H2,1H3. The van der Waals surface area contributed by atoms with Crippen LogP contribution in [0, 0.1) is 5.82 Å². The Balaban J connectivity index is 2.62. The van der Waals surface area contributed by atoms with Gasteiger partial charge in [0.25, 0.3) is 0 Å². The fraction of sp³-hybridized carbons (Fsp3) is 0.455. The summed E-state index contributed by atoms with van der Waals surface area (Å²) in [7, 11) is 1.59. The van der Waals surface area contributed by atoms with Crippen molar-refractivity contribution in [1.82, 2.24) is 5.43 Å². The van der Waals surface area contributed by atoms with Crippen molar-refractivity contribution < 1.29 is 13.9 Å². The lowest BCUT2D eigenvalue weighted by Gasteiger charge is -2.17. The Hall–Kier alpha value is -0.720. The Morgan fingerprint density at radius 3 is 2.88 bits per heavy atom. The molecule has 3 N–H and O–H groups in total. The summed E-state index contributed by atoms with van der Waals surface area (Å²) in [5.41, 5.74) is 3.12. The molecule has 0 saturated carbocycles. The molecule has 0 aromatic heterocycles. The SMILES string of the molecule is COCCOCC(NN)c1cc(F)ccc1Cl. The monoisotopic (exact) mass is 262 g/mol. The number of hydrogen-bond acceptors (Lipinski definition) is 4. The zero-order valence-corrected chi connectivity index (χ0v) is 10.3. The third-order valence-corrected chi connectivity index (χ3v) is 2.60. The van der Waals surface area contributed by atoms with E-state index in [1.165, 1.54) is 18.2 Å². The van der Waals surface area contributed by atoms with Crippen LogP contribution >= 0.6 is 11.6 Å². The molecule has 0 saturated heterocycles. The van der Waals surface area contributed by atoms with Gasteiger partial charge in [-0.05, 0) is 23.8 Å². The summed E-state index contributed by atoms with van der Waals surface area (Å²) in [5, 5.41) is 0.449. The number of nitrogens with two attached hydrogens (primary N) is 1. The van der Waals surface area contributed by atoms with Gasteiger partial charge in [-0.25, -0.2) is 4.39 Å². The minimum atomic E-state index is -0.360. The molecule has 0 aliphatic carbocycles. The van der Waals surface area contributed by atoms with E-state index in [1.54, 1.807) is 7.11 Å². The van der Waals surface area contributed by atoms with E-state index in [0.29, 0.717) is 30.4 Å². The van der Waals surface area contributed by atoms with E-state index in [0.717, 1.165) is 0 Å². The third-order valence-electron chi connectivity index (χ3n) is 2.25. The smallest absolute Gasteiger partial charge is 0.123 e. The van der Waals surface area contributed by atoms with E-state index in [2.05, 4.69) is 5.43 Å². The first-order chi connectivity index (χ1) is 8.19. The van der Waals surface area contributed by atoms with Gasteiger partial charge in [-0.3, -0.25) is 11.3 Å². The van der Waals surface area contributed by atoms with Crippen LogP contribution in [0.3, 0.4) is 0 Å². The minimum absolute atomic E-state index is 0.295. The van der Waals surface area contributed by atoms with Crippen LogP contribution in [0.2, 0.25) is 5.02 Å². The molecule has 0 spiro atoms. The summed E-state index contributed by atoms with van der Waals surface area (Å²) < 4.78 is 23.3. The molecule has 0 bridgehead atoms. The average Bonchev–Trinajstić information content (AvgIpc) is 2.33. The minimum Gasteiger partial charge on any atom is -0.382 e. The van der Waals surface area contributed by atoms with Crippen molar-refractivity contribution in [3.05, 3.63) is 34.6 Å². The Kier molecular flexibility index (Phi) is 6.39. The lowest BCUT2D eigenvalue weighted by atomic mass is 10.1. The van der Waals surface area contributed by atoms with Crippen molar-refractivity contribution in [2.45, 2.75) is 6.04 Å². The maximum absolute atomic E-state index is 13.1. The summed E-state index contributed by atoms with van der Waals surface area (Å²) in [6.45, 7) is 1.23. The van der Waals surface area contributed by atoms with Gasteiger partial charge in [0.1, 0.15) is 5.82 Å². The Morgan fingerprint density at radius 1 is 1.47 bits per heavy atom. The highest BCUT2D eigenvalue weighted by molar-refractivity contribution is 6.31. The zero-order chi connectivity index (χ0) is 12.7. The van der Waals surface area contributed by atoms with Crippen LogP contribution in [-0.2, 0) is 9.47 Å². The van der Waals surface area contributed by atoms with E-state index in [9.17, 15) is 4.39 Å². The first-order valence-corrected chi connectivity index (χ1v) is 5.54. The highest BCUT2D eigenvalue weighted by Crippen LogP contribution is 2.23. The van der Waals surface area contributed by atoms with Gasteiger partial charge >= 0.3 is 0 Å². The van der Waals surface area contributed by atoms with E-state index in [1.807, 2.05) is 0 Å². The second kappa shape index (κ2) is 7.58. The fourth-order valence-electron chi connectivity index (χ4n) is 1.35. The summed E-state index contributed by atoms with van der Waals surface area (Å²) in [5.74, 6) is 5.04. The molecule has 0 heterocycles. The van der Waals surface area contributed by atoms with Gasteiger partial charge < -0.3 is 9.47 Å². The summed E-state index contributed by atoms with van der Waals surface area (Å²) in [6.07, 6.45) is 0. The molecule has 6 heteroatoms. The number of halogens is 2. The van der Waals surface area contributed by atoms with Crippen LogP contribution < -0.4 is 11.3 Å². The largest absolute Gasteiger partial charge is 0.382 e. The molecule has 1 aromatic rings. The van der Waals surface area contributed by atoms with Crippen molar-refractivity contribution in [3.63, 3.8) is 0 Å². The first-order valence-electron chi connectivity index (χ1n) is 5.16. The molecule has 1 rings (SSSR count). The lowest BCUT2D eigenvalue weighted by Crippen LogP contribution is -2.32. The Labute approximate surface area is 105 Å². The van der Waals surface area contributed by atoms with Crippen LogP contribution in [0.15, 0.2) is 18.2 Å². The van der Waals surface area contributed by atoms with Crippen LogP contribution in [0.25, 0.3) is 0 Å². The van der Waals surface area contributed by atoms with Gasteiger partial charge in [-0.1, -0.05) is 11.6 Å². The van der Waals surface area contributed by atoms with Gasteiger partial charge in [-0.15, -0.1) is 0 Å². The Morgan fingerprint density at radius 2 is 2.24 bits per heavy atom. The topological polar surface area (TPSA) is 56.5 Å². The van der Waals surface area contributed by atoms with Crippen molar-refractivity contribution in [2.75, 3.05) is 26.9 Å². The fourth-order valence-corrected chi connectivity index (χ4v) is 1.60. The first kappa shape index (κ1) is 14.3. The van der Waals surface area contributed by atoms with Gasteiger partial charge in [-0.2, -0.15) is 0 Å². The molecule has 0 radical (unpaired) electrons. The van der Waals surface area contributed by atoms with Gasteiger partial charge in [0.05, 0.1) is 25.9 Å². The number of methoxy groups -OCH3 is 1. The van der Waals surface area contributed by atoms with E-state index >= 15 is 0 Å². The van der Waals surface area contributed by atoms with Gasteiger partial charge in [0.15, 0.2) is 0 Å². The predicted molar refractivity (Wildman–Crippen MR) is 64.2 cm³/mol. The molecule has 96 valence electrons. The summed E-state index contributed by atoms with van der Waals surface area (Å²) in [6, 6.07) is 3.78. The zero-order valence-electron chi connectivity index (χ0n) is 9.58. The molecule has 0 fully saturated rings. The number of benzene rings is 1. The molecule has 1 atom stereocenters. The quantitative estimate of drug-likeness (QED) is 0.446. The molecular formula is C11H16ClFN2O2. The van der Waals surface area contributed by atoms with Crippen LogP contribution in [0.5, 0.6) is 0 Å². The van der Waals surface area contributed by atoms with Crippen LogP contribution in [-0.4, -0.2) is 26.9 Å². The van der Waals surface area contributed by atoms with E-state index in [-0.39, 0.29) is 11.9 Å². The lowest BCUT2D eigenvalue weighted by molar-refractivity contribution is 0.0585. The molecule has 0 aliphatic rings. The third kappa shape index (κ3) is 4.57. The predicted octanol–water partition coefficient (Wildman–Crippen LogP) is 1.65. The maximum atomic E-state index is 13.1. The summed E-state index contributed by atoms with van der Waals surface area (Å²) in [4.78, 5) is 0. The van der Waals surface area contributed by atoms with Crippen molar-refractivity contribution >= 4 is 11.6 Å². The van der Waals surface area contributed by atoms with Crippen LogP contribution in [0.1, 0.15) is 11.6 Å². The number of hydrogen-bond donors (Lipinski definition) is 2. The molecule has 0 amide bonds. The number of ether oxygens (including phenoxy) is 2. The molecule has 17 heavy (non-hydrogen) atoms. The maximum Gasteiger partial charge on any atom is 0.123 e. The normalized spacial score (nSPS) is 12.7. The molecule has 4 nitrogen and oxygen atoms in total. The Bertz CT molecular complexity index is 352. The highest BCUT2D eigenvalue weighted by atomic mass is 35.5. The molecular weight excluding hydrogens is 247 g/mol. The van der Waals surface area contributed by atoms with Crippen molar-refractivity contribution in [2.24, 2.45) is 5.84 Å². The summed E-state index contributed by atoms with van der Waals surface area (Å²) >= 11 is 5.97. The average molecular weight is 263 g/mol. The second-order valence-corrected chi connectivity index (χ2v) is 3.86. The van der Waals surface area contributed by atoms with Gasteiger partial charge in [0, 0.05) is 12.1 Å². The van der Waals surface area contributed by atoms with Crippen molar-refractivity contribution in [1.29, 1.82) is 0 Å². The number of rotatable bonds is 7. The molecule has 1 aromatic carbocycles. The van der Waals surface area contributed by atoms with E-state index < -0.39 is 0 Å².